The van der Waals surface area contributed by atoms with Gasteiger partial charge < -0.3 is 45.6 Å². The second-order valence-electron chi connectivity index (χ2n) is 15.3. The fourth-order valence-electron chi connectivity index (χ4n) is 8.71. The molecule has 20 heteroatoms. The highest BCUT2D eigenvalue weighted by atomic mass is 16.8. The molecule has 6 aliphatic rings. The molecular formula is C33H53BN8O11. The Kier molecular flexibility index (Phi) is 12.6. The van der Waals surface area contributed by atoms with E-state index in [0.717, 1.165) is 12.8 Å². The van der Waals surface area contributed by atoms with E-state index in [9.17, 15) is 38.8 Å². The Balaban J connectivity index is 0.925. The van der Waals surface area contributed by atoms with Gasteiger partial charge in [-0.1, -0.05) is 0 Å². The Morgan fingerprint density at radius 3 is 2.30 bits per heavy atom. The fraction of sp³-hybridized carbons (Fsp3) is 0.818. The van der Waals surface area contributed by atoms with Gasteiger partial charge in [-0.2, -0.15) is 0 Å². The maximum Gasteiger partial charge on any atom is 0.475 e. The second-order valence-corrected chi connectivity index (χ2v) is 15.3. The summed E-state index contributed by atoms with van der Waals surface area (Å²) in [4.78, 5) is 89.5. The van der Waals surface area contributed by atoms with Gasteiger partial charge in [0.15, 0.2) is 0 Å². The first kappa shape index (κ1) is 39.3. The summed E-state index contributed by atoms with van der Waals surface area (Å²) < 4.78 is 11.8. The number of nitrogens with one attached hydrogen (secondary N) is 2. The number of carbonyl (C=O) groups is 6. The van der Waals surface area contributed by atoms with Crippen LogP contribution in [0.3, 0.4) is 0 Å². The van der Waals surface area contributed by atoms with Crippen LogP contribution in [0.5, 0.6) is 0 Å². The van der Waals surface area contributed by atoms with E-state index in [0.29, 0.717) is 77.7 Å². The number of hydrogen-bond donors (Lipinski definition) is 5. The van der Waals surface area contributed by atoms with E-state index in [1.165, 1.54) is 9.96 Å². The molecule has 6 fully saturated rings. The summed E-state index contributed by atoms with van der Waals surface area (Å²) in [6.07, 6.45) is 5.57. The number of carbonyl (C=O) groups excluding carboxylic acids is 6. The van der Waals surface area contributed by atoms with Crippen LogP contribution in [0.1, 0.15) is 57.8 Å². The van der Waals surface area contributed by atoms with E-state index in [1.54, 1.807) is 0 Å². The Morgan fingerprint density at radius 1 is 0.849 bits per heavy atom. The lowest BCUT2D eigenvalue weighted by Crippen LogP contribution is -2.76. The topological polar surface area (TPSA) is 237 Å². The third kappa shape index (κ3) is 9.29. The molecule has 5 saturated heterocycles. The standard InChI is InChI=1S/C33H53BN8O11/c35-19-32-20-39(17-28(45)51-32)12-13-40-18-30(47)53-42(32)33(22-40)21-38(16-29(46)52-33)10-2-1-5-26(43)36-14-23-6-8-24(9-7-23)31(48)37-15-27(44)41-11-3-4-25(41)34(49)50/h23-25,49-50H,1-22,35H2,(H,36,43)(H,37,48)/t23?,24?,25-,32?,33?/m0/s1. The highest BCUT2D eigenvalue weighted by molar-refractivity contribution is 6.43. The second kappa shape index (κ2) is 17.0. The van der Waals surface area contributed by atoms with Crippen LogP contribution in [0.25, 0.3) is 0 Å². The van der Waals surface area contributed by atoms with E-state index in [1.807, 2.05) is 14.7 Å². The molecular weight excluding hydrogens is 695 g/mol. The lowest BCUT2D eigenvalue weighted by atomic mass is 9.78. The summed E-state index contributed by atoms with van der Waals surface area (Å²) in [6.45, 7) is 2.61. The summed E-state index contributed by atoms with van der Waals surface area (Å²) in [5, 5.41) is 26.0. The molecule has 1 aliphatic carbocycles. The number of esters is 2. The van der Waals surface area contributed by atoms with Crippen LogP contribution in [0.4, 0.5) is 0 Å². The molecule has 6 rings (SSSR count). The number of fused-ring (bicyclic) bond motifs is 4. The number of rotatable bonds is 12. The third-order valence-electron chi connectivity index (χ3n) is 11.4. The predicted octanol–water partition coefficient (Wildman–Crippen LogP) is -3.64. The fourth-order valence-corrected chi connectivity index (χ4v) is 8.71. The van der Waals surface area contributed by atoms with Crippen LogP contribution < -0.4 is 16.4 Å². The number of nitrogens with two attached hydrogens (primary N) is 1. The number of unbranched alkanes of at least 4 members (excludes halogenated alkanes) is 1. The first-order valence-electron chi connectivity index (χ1n) is 18.9. The van der Waals surface area contributed by atoms with Crippen molar-refractivity contribution >= 4 is 42.7 Å². The van der Waals surface area contributed by atoms with Gasteiger partial charge in [-0.15, -0.1) is 0 Å². The van der Waals surface area contributed by atoms with Gasteiger partial charge in [0.05, 0.1) is 58.3 Å². The maximum atomic E-state index is 13.1. The summed E-state index contributed by atoms with van der Waals surface area (Å²) in [5.41, 5.74) is 3.20. The van der Waals surface area contributed by atoms with E-state index >= 15 is 0 Å². The Labute approximate surface area is 308 Å². The van der Waals surface area contributed by atoms with Crippen LogP contribution in [0.2, 0.25) is 0 Å². The van der Waals surface area contributed by atoms with E-state index in [-0.39, 0.29) is 81.9 Å². The maximum absolute atomic E-state index is 13.1. The van der Waals surface area contributed by atoms with Gasteiger partial charge in [0.1, 0.15) is 0 Å². The van der Waals surface area contributed by atoms with Gasteiger partial charge in [0, 0.05) is 38.5 Å². The smallest absolute Gasteiger partial charge is 0.437 e. The van der Waals surface area contributed by atoms with E-state index in [2.05, 4.69) is 10.6 Å². The molecule has 0 radical (unpaired) electrons. The van der Waals surface area contributed by atoms with E-state index < -0.39 is 42.4 Å². The molecule has 19 nitrogen and oxygen atoms in total. The quantitative estimate of drug-likeness (QED) is 0.0735. The van der Waals surface area contributed by atoms with Crippen molar-refractivity contribution in [3.05, 3.63) is 0 Å². The van der Waals surface area contributed by atoms with Crippen molar-refractivity contribution < 1.29 is 53.1 Å². The monoisotopic (exact) mass is 748 g/mol. The predicted molar refractivity (Wildman–Crippen MR) is 184 cm³/mol. The molecule has 0 aromatic heterocycles. The average Bonchev–Trinajstić information content (AvgIpc) is 3.59. The molecule has 1 saturated carbocycles. The molecule has 5 unspecified atom stereocenters. The van der Waals surface area contributed by atoms with Gasteiger partial charge in [0.2, 0.25) is 29.2 Å². The van der Waals surface area contributed by atoms with Crippen molar-refractivity contribution in [2.75, 3.05) is 85.1 Å². The Bertz CT molecular complexity index is 1400. The van der Waals surface area contributed by atoms with Crippen LogP contribution in [-0.2, 0) is 43.1 Å². The minimum absolute atomic E-state index is 0.0149. The van der Waals surface area contributed by atoms with Crippen molar-refractivity contribution in [1.82, 2.24) is 35.3 Å². The lowest BCUT2D eigenvalue weighted by Gasteiger charge is -2.53. The molecule has 1 spiro atoms. The van der Waals surface area contributed by atoms with Gasteiger partial charge in [0.25, 0.3) is 0 Å². The lowest BCUT2D eigenvalue weighted by molar-refractivity contribution is -0.372. The number of ether oxygens (including phenoxy) is 2. The first-order valence-corrected chi connectivity index (χ1v) is 18.9. The van der Waals surface area contributed by atoms with Crippen LogP contribution >= 0.6 is 0 Å². The van der Waals surface area contributed by atoms with Gasteiger partial charge >= 0.3 is 25.0 Å². The zero-order valence-corrected chi connectivity index (χ0v) is 30.2. The van der Waals surface area contributed by atoms with Crippen molar-refractivity contribution in [2.45, 2.75) is 75.2 Å². The van der Waals surface area contributed by atoms with Crippen molar-refractivity contribution in [2.24, 2.45) is 17.6 Å². The molecule has 5 heterocycles. The van der Waals surface area contributed by atoms with Crippen LogP contribution in [-0.4, -0.2) is 180 Å². The van der Waals surface area contributed by atoms with Gasteiger partial charge in [-0.25, -0.2) is 4.79 Å². The van der Waals surface area contributed by atoms with Gasteiger partial charge in [-0.3, -0.25) is 38.7 Å². The molecule has 6 N–H and O–H groups in total. The average molecular weight is 749 g/mol. The first-order chi connectivity index (χ1) is 25.4. The number of amides is 3. The SMILES string of the molecule is NCC12CN(CCN3CC(=O)ON1C1(C3)CN(CCCCC(=O)NCC3CCC(C(=O)NCC(=O)N4CCC[C@H]4B(O)O)CC3)CC(=O)O1)CC(=O)O2. The summed E-state index contributed by atoms with van der Waals surface area (Å²) >= 11 is 0. The summed E-state index contributed by atoms with van der Waals surface area (Å²) in [7, 11) is -1.60. The molecule has 5 aliphatic heterocycles. The van der Waals surface area contributed by atoms with Crippen molar-refractivity contribution in [1.29, 1.82) is 0 Å². The molecule has 3 amide bonds. The molecule has 294 valence electrons. The number of hydroxylamine groups is 2. The normalized spacial score (nSPS) is 34.5. The van der Waals surface area contributed by atoms with Crippen LogP contribution in [0.15, 0.2) is 0 Å². The molecule has 4 bridgehead atoms. The number of hydrogen-bond acceptors (Lipinski definition) is 16. The number of morpholine rings is 2. The highest BCUT2D eigenvalue weighted by Gasteiger charge is 2.62. The van der Waals surface area contributed by atoms with Gasteiger partial charge in [-0.05, 0) is 68.9 Å². The van der Waals surface area contributed by atoms with Crippen molar-refractivity contribution in [3.8, 4) is 0 Å². The zero-order valence-electron chi connectivity index (χ0n) is 30.2. The summed E-state index contributed by atoms with van der Waals surface area (Å²) in [6, 6.07) is 0. The third-order valence-corrected chi connectivity index (χ3v) is 11.4. The van der Waals surface area contributed by atoms with Crippen molar-refractivity contribution in [3.63, 3.8) is 0 Å². The number of nitrogens with zero attached hydrogens (tertiary/aromatic N) is 5. The Hall–Kier alpha value is -3.40. The molecule has 0 aromatic carbocycles. The number of likely N-dealkylation sites (tertiary alicyclic amines) is 1. The minimum atomic E-state index is -1.60. The summed E-state index contributed by atoms with van der Waals surface area (Å²) in [5.74, 6) is -2.76. The molecule has 6 atom stereocenters. The molecule has 53 heavy (non-hydrogen) atoms. The molecule has 0 aromatic rings. The zero-order chi connectivity index (χ0) is 37.8. The van der Waals surface area contributed by atoms with Crippen LogP contribution in [0, 0.1) is 11.8 Å². The minimum Gasteiger partial charge on any atom is -0.437 e. The Morgan fingerprint density at radius 2 is 1.57 bits per heavy atom. The highest BCUT2D eigenvalue weighted by Crippen LogP contribution is 2.37. The largest absolute Gasteiger partial charge is 0.475 e. The van der Waals surface area contributed by atoms with E-state index in [4.69, 9.17) is 20.0 Å².